The zero-order valence-corrected chi connectivity index (χ0v) is 21.6. The first-order valence-electron chi connectivity index (χ1n) is 11.5. The summed E-state index contributed by atoms with van der Waals surface area (Å²) in [6.07, 6.45) is 3.95. The molecular weight excluding hydrogens is 550 g/mol. The van der Waals surface area contributed by atoms with E-state index < -0.39 is 72.3 Å². The Morgan fingerprint density at radius 1 is 1.18 bits per heavy atom. The van der Waals surface area contributed by atoms with Crippen molar-refractivity contribution in [3.63, 3.8) is 0 Å². The number of allylic oxidation sites excluding steroid dienone is 4. The van der Waals surface area contributed by atoms with Crippen LogP contribution in [0.2, 0.25) is 0 Å². The van der Waals surface area contributed by atoms with Gasteiger partial charge in [-0.25, -0.2) is 8.78 Å². The average molecular weight is 576 g/mol. The molecule has 9 nitrogen and oxygen atoms in total. The fourth-order valence-corrected chi connectivity index (χ4v) is 3.88. The predicted octanol–water partition coefficient (Wildman–Crippen LogP) is 2.55. The average Bonchev–Trinajstić information content (AvgIpc) is 2.83. The molecule has 212 valence electrons. The van der Waals surface area contributed by atoms with Crippen LogP contribution in [0.4, 0.5) is 17.6 Å². The molecule has 1 aromatic rings. The van der Waals surface area contributed by atoms with Gasteiger partial charge in [-0.15, -0.1) is 0 Å². The molecule has 1 atom stereocenters. The van der Waals surface area contributed by atoms with E-state index in [1.807, 2.05) is 11.8 Å². The molecule has 1 saturated heterocycles. The molecule has 0 saturated carbocycles. The second kappa shape index (κ2) is 14.4. The third kappa shape index (κ3) is 9.52. The minimum absolute atomic E-state index is 0.00605. The monoisotopic (exact) mass is 575 g/mol. The Morgan fingerprint density at radius 3 is 2.38 bits per heavy atom. The molecule has 0 radical (unpaired) electrons. The van der Waals surface area contributed by atoms with Crippen molar-refractivity contribution >= 4 is 35.2 Å². The number of benzene rings is 1. The molecule has 1 heterocycles. The molecule has 2 amide bonds. The van der Waals surface area contributed by atoms with Gasteiger partial charge in [0.1, 0.15) is 12.6 Å². The summed E-state index contributed by atoms with van der Waals surface area (Å²) in [5, 5.41) is 11.7. The van der Waals surface area contributed by atoms with Crippen molar-refractivity contribution in [2.24, 2.45) is 0 Å². The number of ketones is 1. The van der Waals surface area contributed by atoms with E-state index in [1.54, 1.807) is 12.2 Å². The third-order valence-corrected chi connectivity index (χ3v) is 5.63. The molecule has 2 N–H and O–H groups in total. The lowest BCUT2D eigenvalue weighted by Crippen LogP contribution is -2.54. The zero-order chi connectivity index (χ0) is 29.3. The van der Waals surface area contributed by atoms with Gasteiger partial charge in [0.25, 0.3) is 0 Å². The van der Waals surface area contributed by atoms with E-state index in [0.717, 1.165) is 5.57 Å². The fraction of sp³-hybridized carbons (Fsp3) is 0.360. The van der Waals surface area contributed by atoms with Crippen molar-refractivity contribution in [3.8, 4) is 5.75 Å². The number of carbonyl (C=O) groups is 4. The minimum atomic E-state index is -1.89. The molecule has 0 unspecified atom stereocenters. The topological polar surface area (TPSA) is 116 Å². The largest absolute Gasteiger partial charge is 0.481 e. The molecule has 0 aliphatic carbocycles. The summed E-state index contributed by atoms with van der Waals surface area (Å²) in [7, 11) is 0. The third-order valence-electron chi connectivity index (χ3n) is 5.40. The quantitative estimate of drug-likeness (QED) is 0.211. The fourth-order valence-electron chi connectivity index (χ4n) is 3.61. The number of carboxylic acid groups (broad SMARTS) is 1. The highest BCUT2D eigenvalue weighted by molar-refractivity contribution is 6.31. The number of nitrogens with one attached hydrogen (secondary N) is 1. The number of rotatable bonds is 13. The van der Waals surface area contributed by atoms with Crippen LogP contribution in [0.1, 0.15) is 13.3 Å². The van der Waals surface area contributed by atoms with Crippen LogP contribution in [0, 0.1) is 23.3 Å². The molecule has 0 bridgehead atoms. The maximum Gasteiger partial charge on any atom is 0.305 e. The van der Waals surface area contributed by atoms with Crippen LogP contribution in [-0.2, 0) is 19.2 Å². The van der Waals surface area contributed by atoms with Crippen LogP contribution in [0.15, 0.2) is 41.5 Å². The molecular formula is C25H26ClF4N3O6. The number of carboxylic acids is 1. The molecule has 1 aromatic carbocycles. The SMILES string of the molecule is C=C/C=C(Cl)\C=C(/C)CN1CCN(CC(=O)N[C@@H](CC(=O)O)C(=O)COc2c(F)c(F)cc(F)c2F)C(=O)C1. The van der Waals surface area contributed by atoms with Gasteiger partial charge in [-0.05, 0) is 19.1 Å². The van der Waals surface area contributed by atoms with Crippen molar-refractivity contribution < 1.29 is 46.6 Å². The number of aliphatic carboxylic acids is 1. The molecule has 1 fully saturated rings. The van der Waals surface area contributed by atoms with E-state index >= 15 is 0 Å². The molecule has 39 heavy (non-hydrogen) atoms. The van der Waals surface area contributed by atoms with Gasteiger partial charge in [-0.1, -0.05) is 29.8 Å². The summed E-state index contributed by atoms with van der Waals surface area (Å²) < 4.78 is 58.8. The molecule has 2 rings (SSSR count). The number of carbonyl (C=O) groups excluding carboxylic acids is 3. The zero-order valence-electron chi connectivity index (χ0n) is 20.8. The van der Waals surface area contributed by atoms with Crippen molar-refractivity contribution in [3.05, 3.63) is 64.7 Å². The molecule has 1 aliphatic heterocycles. The second-order valence-corrected chi connectivity index (χ2v) is 9.01. The van der Waals surface area contributed by atoms with Crippen LogP contribution in [0.5, 0.6) is 5.75 Å². The molecule has 14 heteroatoms. The first-order valence-corrected chi connectivity index (χ1v) is 11.8. The number of hydrogen-bond acceptors (Lipinski definition) is 6. The number of hydrogen-bond donors (Lipinski definition) is 2. The van der Waals surface area contributed by atoms with Crippen LogP contribution < -0.4 is 10.1 Å². The maximum absolute atomic E-state index is 13.8. The normalized spacial score (nSPS) is 15.6. The summed E-state index contributed by atoms with van der Waals surface area (Å²) in [6.45, 7) is 4.71. The standard InChI is InChI=1S/C25H26ClF4N3O6/c1-3-4-15(26)7-14(2)10-32-5-6-33(21(36)12-32)11-20(35)31-18(9-22(37)38)19(34)13-39-25-23(29)16(27)8-17(28)24(25)30/h3-4,7-8,18H,1,5-6,9-13H2,2H3,(H,31,35)(H,37,38)/b14-7+,15-4+/t18-/m0/s1. The summed E-state index contributed by atoms with van der Waals surface area (Å²) in [5.41, 5.74) is 0.884. The molecule has 1 aliphatic rings. The van der Waals surface area contributed by atoms with Crippen molar-refractivity contribution in [1.29, 1.82) is 0 Å². The highest BCUT2D eigenvalue weighted by Crippen LogP contribution is 2.26. The van der Waals surface area contributed by atoms with Crippen LogP contribution >= 0.6 is 11.6 Å². The van der Waals surface area contributed by atoms with E-state index in [1.165, 1.54) is 11.0 Å². The highest BCUT2D eigenvalue weighted by atomic mass is 35.5. The second-order valence-electron chi connectivity index (χ2n) is 8.57. The lowest BCUT2D eigenvalue weighted by atomic mass is 10.1. The van der Waals surface area contributed by atoms with Gasteiger partial charge in [0.05, 0.1) is 19.5 Å². The number of piperazine rings is 1. The maximum atomic E-state index is 13.8. The van der Waals surface area contributed by atoms with E-state index in [9.17, 15) is 36.7 Å². The number of ether oxygens (including phenoxy) is 1. The Balaban J connectivity index is 1.97. The smallest absolute Gasteiger partial charge is 0.305 e. The Hall–Kier alpha value is -3.71. The van der Waals surface area contributed by atoms with Crippen LogP contribution in [-0.4, -0.2) is 83.8 Å². The highest BCUT2D eigenvalue weighted by Gasteiger charge is 2.29. The van der Waals surface area contributed by atoms with Crippen LogP contribution in [0.3, 0.4) is 0 Å². The number of halogens is 5. The predicted molar refractivity (Wildman–Crippen MR) is 132 cm³/mol. The van der Waals surface area contributed by atoms with Crippen molar-refractivity contribution in [2.75, 3.05) is 39.3 Å². The summed E-state index contributed by atoms with van der Waals surface area (Å²) in [6, 6.07) is -1.76. The molecule has 0 aromatic heterocycles. The lowest BCUT2D eigenvalue weighted by molar-refractivity contribution is -0.142. The van der Waals surface area contributed by atoms with Crippen molar-refractivity contribution in [2.45, 2.75) is 19.4 Å². The van der Waals surface area contributed by atoms with Gasteiger partial charge in [0.2, 0.25) is 23.4 Å². The Labute approximate surface area is 226 Å². The summed E-state index contributed by atoms with van der Waals surface area (Å²) in [5.74, 6) is -12.7. The first kappa shape index (κ1) is 31.5. The van der Waals surface area contributed by atoms with E-state index in [2.05, 4.69) is 16.6 Å². The van der Waals surface area contributed by atoms with Crippen LogP contribution in [0.25, 0.3) is 0 Å². The summed E-state index contributed by atoms with van der Waals surface area (Å²) >= 11 is 6.02. The summed E-state index contributed by atoms with van der Waals surface area (Å²) in [4.78, 5) is 51.7. The van der Waals surface area contributed by atoms with E-state index in [0.29, 0.717) is 18.1 Å². The Bertz CT molecular complexity index is 1180. The van der Waals surface area contributed by atoms with E-state index in [4.69, 9.17) is 16.7 Å². The number of Topliss-reactive ketones (excluding diaryl/α,β-unsaturated/α-hetero) is 1. The number of amides is 2. The Kier molecular flexibility index (Phi) is 11.7. The Morgan fingerprint density at radius 2 is 1.82 bits per heavy atom. The minimum Gasteiger partial charge on any atom is -0.481 e. The van der Waals surface area contributed by atoms with Crippen molar-refractivity contribution in [1.82, 2.24) is 15.1 Å². The number of nitrogens with zero attached hydrogens (tertiary/aromatic N) is 2. The van der Waals surface area contributed by atoms with Gasteiger partial charge < -0.3 is 20.1 Å². The van der Waals surface area contributed by atoms with Gasteiger partial charge >= 0.3 is 5.97 Å². The first-order chi connectivity index (χ1) is 18.3. The van der Waals surface area contributed by atoms with Gasteiger partial charge in [-0.2, -0.15) is 8.78 Å². The van der Waals surface area contributed by atoms with Gasteiger partial charge in [-0.3, -0.25) is 24.1 Å². The lowest BCUT2D eigenvalue weighted by Gasteiger charge is -2.34. The van der Waals surface area contributed by atoms with E-state index in [-0.39, 0.29) is 25.1 Å². The van der Waals surface area contributed by atoms with Gasteiger partial charge in [0.15, 0.2) is 23.2 Å². The molecule has 0 spiro atoms. The van der Waals surface area contributed by atoms with Gasteiger partial charge in [0, 0.05) is 30.7 Å².